The van der Waals surface area contributed by atoms with Gasteiger partial charge in [-0.25, -0.2) is 4.79 Å². The zero-order valence-corrected chi connectivity index (χ0v) is 6.63. The van der Waals surface area contributed by atoms with Gasteiger partial charge in [-0.3, -0.25) is 0 Å². The zero-order valence-electron chi connectivity index (χ0n) is 6.63. The van der Waals surface area contributed by atoms with Gasteiger partial charge in [0, 0.05) is 5.70 Å². The van der Waals surface area contributed by atoms with Crippen LogP contribution >= 0.6 is 0 Å². The fourth-order valence-corrected chi connectivity index (χ4v) is 1.31. The summed E-state index contributed by atoms with van der Waals surface area (Å²) in [5, 5.41) is 11.6. The third-order valence-electron chi connectivity index (χ3n) is 2.10. The van der Waals surface area contributed by atoms with Crippen molar-refractivity contribution in [3.8, 4) is 0 Å². The highest BCUT2D eigenvalue weighted by molar-refractivity contribution is 5.74. The average molecular weight is 155 g/mol. The first-order chi connectivity index (χ1) is 5.11. The first kappa shape index (κ1) is 8.11. The second-order valence-electron chi connectivity index (χ2n) is 3.08. The molecule has 0 aromatic heterocycles. The molecule has 2 atom stereocenters. The maximum atomic E-state index is 10.6. The van der Waals surface area contributed by atoms with Gasteiger partial charge in [0.15, 0.2) is 0 Å². The maximum absolute atomic E-state index is 10.6. The minimum Gasteiger partial charge on any atom is -0.480 e. The van der Waals surface area contributed by atoms with Gasteiger partial charge in [-0.2, -0.15) is 0 Å². The topological polar surface area (TPSA) is 49.3 Å². The van der Waals surface area contributed by atoms with Crippen molar-refractivity contribution in [1.29, 1.82) is 0 Å². The number of hydrogen-bond donors (Lipinski definition) is 2. The molecule has 1 unspecified atom stereocenters. The molecule has 0 aromatic carbocycles. The summed E-state index contributed by atoms with van der Waals surface area (Å²) in [6.07, 6.45) is 1.81. The van der Waals surface area contributed by atoms with Crippen LogP contribution in [0.3, 0.4) is 0 Å². The van der Waals surface area contributed by atoms with E-state index in [1.807, 2.05) is 6.92 Å². The molecule has 1 rings (SSSR count). The minimum absolute atomic E-state index is 0.206. The lowest BCUT2D eigenvalue weighted by Crippen LogP contribution is -2.44. The molecule has 11 heavy (non-hydrogen) atoms. The summed E-state index contributed by atoms with van der Waals surface area (Å²) in [4.78, 5) is 10.6. The second-order valence-corrected chi connectivity index (χ2v) is 3.08. The molecule has 1 fully saturated rings. The molecule has 0 radical (unpaired) electrons. The lowest BCUT2D eigenvalue weighted by molar-refractivity contribution is -0.141. The van der Waals surface area contributed by atoms with Crippen LogP contribution in [0.2, 0.25) is 0 Å². The number of hydrogen-bond acceptors (Lipinski definition) is 2. The fourth-order valence-electron chi connectivity index (χ4n) is 1.31. The maximum Gasteiger partial charge on any atom is 0.326 e. The Bertz CT molecular complexity index is 189. The Morgan fingerprint density at radius 2 is 2.45 bits per heavy atom. The number of allylic oxidation sites excluding steroid dienone is 1. The molecule has 1 aliphatic rings. The number of piperidine rings is 1. The summed E-state index contributed by atoms with van der Waals surface area (Å²) in [7, 11) is 0. The normalized spacial score (nSPS) is 31.2. The lowest BCUT2D eigenvalue weighted by Gasteiger charge is -2.28. The molecule has 0 amide bonds. The molecular weight excluding hydrogens is 142 g/mol. The highest BCUT2D eigenvalue weighted by Crippen LogP contribution is 2.20. The third kappa shape index (κ3) is 1.73. The molecule has 1 heterocycles. The largest absolute Gasteiger partial charge is 0.480 e. The van der Waals surface area contributed by atoms with Crippen molar-refractivity contribution in [2.45, 2.75) is 25.8 Å². The lowest BCUT2D eigenvalue weighted by atomic mass is 9.91. The SMILES string of the molecule is C=C1CCC(C)[C@@H](C(=O)O)N1. The second kappa shape index (κ2) is 2.95. The van der Waals surface area contributed by atoms with Crippen LogP contribution in [0, 0.1) is 5.92 Å². The predicted molar refractivity (Wildman–Crippen MR) is 42.1 cm³/mol. The van der Waals surface area contributed by atoms with E-state index < -0.39 is 12.0 Å². The van der Waals surface area contributed by atoms with Crippen molar-refractivity contribution in [3.05, 3.63) is 12.3 Å². The first-order valence-corrected chi connectivity index (χ1v) is 3.78. The Morgan fingerprint density at radius 1 is 1.82 bits per heavy atom. The average Bonchev–Trinajstić information content (AvgIpc) is 1.94. The predicted octanol–water partition coefficient (Wildman–Crippen LogP) is 0.973. The molecule has 3 nitrogen and oxygen atoms in total. The molecule has 62 valence electrons. The van der Waals surface area contributed by atoms with Crippen LogP contribution in [-0.4, -0.2) is 17.1 Å². The van der Waals surface area contributed by atoms with Crippen LogP contribution in [0.15, 0.2) is 12.3 Å². The van der Waals surface area contributed by atoms with E-state index in [0.29, 0.717) is 0 Å². The number of carbonyl (C=O) groups is 1. The van der Waals surface area contributed by atoms with Crippen molar-refractivity contribution >= 4 is 5.97 Å². The smallest absolute Gasteiger partial charge is 0.326 e. The monoisotopic (exact) mass is 155 g/mol. The minimum atomic E-state index is -0.779. The Kier molecular flexibility index (Phi) is 2.17. The van der Waals surface area contributed by atoms with Gasteiger partial charge < -0.3 is 10.4 Å². The molecule has 0 saturated carbocycles. The summed E-state index contributed by atoms with van der Waals surface area (Å²) in [5.74, 6) is -0.573. The fraction of sp³-hybridized carbons (Fsp3) is 0.625. The van der Waals surface area contributed by atoms with Crippen molar-refractivity contribution in [1.82, 2.24) is 5.32 Å². The van der Waals surface area contributed by atoms with Crippen LogP contribution in [0.25, 0.3) is 0 Å². The Labute approximate surface area is 66.1 Å². The van der Waals surface area contributed by atoms with Crippen molar-refractivity contribution < 1.29 is 9.90 Å². The van der Waals surface area contributed by atoms with Gasteiger partial charge in [-0.15, -0.1) is 0 Å². The molecule has 1 aliphatic heterocycles. The molecule has 0 aromatic rings. The van der Waals surface area contributed by atoms with E-state index in [1.54, 1.807) is 0 Å². The highest BCUT2D eigenvalue weighted by atomic mass is 16.4. The number of carboxylic acids is 1. The van der Waals surface area contributed by atoms with Gasteiger partial charge in [-0.05, 0) is 18.8 Å². The van der Waals surface area contributed by atoms with Gasteiger partial charge in [0.2, 0.25) is 0 Å². The van der Waals surface area contributed by atoms with E-state index in [2.05, 4.69) is 11.9 Å². The summed E-state index contributed by atoms with van der Waals surface area (Å²) >= 11 is 0. The van der Waals surface area contributed by atoms with Gasteiger partial charge >= 0.3 is 5.97 Å². The molecule has 0 aliphatic carbocycles. The van der Waals surface area contributed by atoms with E-state index in [0.717, 1.165) is 18.5 Å². The highest BCUT2D eigenvalue weighted by Gasteiger charge is 2.27. The third-order valence-corrected chi connectivity index (χ3v) is 2.10. The van der Waals surface area contributed by atoms with Crippen molar-refractivity contribution in [2.75, 3.05) is 0 Å². The molecule has 0 spiro atoms. The molecule has 0 bridgehead atoms. The van der Waals surface area contributed by atoms with Crippen LogP contribution in [0.4, 0.5) is 0 Å². The van der Waals surface area contributed by atoms with Crippen molar-refractivity contribution in [3.63, 3.8) is 0 Å². The number of rotatable bonds is 1. The summed E-state index contributed by atoms with van der Waals surface area (Å²) in [5.41, 5.74) is 0.843. The van der Waals surface area contributed by atoms with Gasteiger partial charge in [0.1, 0.15) is 6.04 Å². The van der Waals surface area contributed by atoms with Gasteiger partial charge in [0.25, 0.3) is 0 Å². The van der Waals surface area contributed by atoms with E-state index in [-0.39, 0.29) is 5.92 Å². The van der Waals surface area contributed by atoms with Crippen LogP contribution in [-0.2, 0) is 4.79 Å². The van der Waals surface area contributed by atoms with E-state index in [1.165, 1.54) is 0 Å². The summed E-state index contributed by atoms with van der Waals surface area (Å²) in [6.45, 7) is 5.65. The molecule has 2 N–H and O–H groups in total. The Balaban J connectivity index is 2.61. The Morgan fingerprint density at radius 3 is 2.91 bits per heavy atom. The quantitative estimate of drug-likeness (QED) is 0.593. The van der Waals surface area contributed by atoms with E-state index >= 15 is 0 Å². The van der Waals surface area contributed by atoms with E-state index in [9.17, 15) is 4.79 Å². The number of aliphatic carboxylic acids is 1. The molecule has 1 saturated heterocycles. The number of nitrogens with one attached hydrogen (secondary N) is 1. The standard InChI is InChI=1S/C8H13NO2/c1-5-3-4-6(2)9-7(5)8(10)11/h5,7,9H,2-4H2,1H3,(H,10,11)/t5?,7-/m0/s1. The molecule has 3 heteroatoms. The van der Waals surface area contributed by atoms with Gasteiger partial charge in [-0.1, -0.05) is 13.5 Å². The zero-order chi connectivity index (χ0) is 8.43. The van der Waals surface area contributed by atoms with Crippen LogP contribution in [0.5, 0.6) is 0 Å². The Hall–Kier alpha value is -0.990. The van der Waals surface area contributed by atoms with Crippen LogP contribution in [0.1, 0.15) is 19.8 Å². The summed E-state index contributed by atoms with van der Waals surface area (Å²) < 4.78 is 0. The van der Waals surface area contributed by atoms with Crippen LogP contribution < -0.4 is 5.32 Å². The number of carboxylic acid groups (broad SMARTS) is 1. The summed E-state index contributed by atoms with van der Waals surface area (Å²) in [6, 6.07) is -0.434. The van der Waals surface area contributed by atoms with Gasteiger partial charge in [0.05, 0.1) is 0 Å². The first-order valence-electron chi connectivity index (χ1n) is 3.78. The van der Waals surface area contributed by atoms with Crippen molar-refractivity contribution in [2.24, 2.45) is 5.92 Å². The van der Waals surface area contributed by atoms with E-state index in [4.69, 9.17) is 5.11 Å². The molecular formula is C8H13NO2.